The van der Waals surface area contributed by atoms with Crippen LogP contribution >= 0.6 is 0 Å². The molecule has 5 rings (SSSR count). The Balaban J connectivity index is 1.40. The zero-order chi connectivity index (χ0) is 27.9. The van der Waals surface area contributed by atoms with Crippen molar-refractivity contribution in [2.45, 2.75) is 25.9 Å². The van der Waals surface area contributed by atoms with Crippen molar-refractivity contribution in [2.75, 3.05) is 0 Å². The first-order valence-electron chi connectivity index (χ1n) is 11.9. The van der Waals surface area contributed by atoms with Crippen LogP contribution in [0.4, 0.5) is 30.7 Å². The van der Waals surface area contributed by atoms with E-state index in [4.69, 9.17) is 4.42 Å². The number of rotatable bonds is 7. The third-order valence-electron chi connectivity index (χ3n) is 6.15. The molecular weight excluding hydrogens is 525 g/mol. The molecule has 0 fully saturated rings. The summed E-state index contributed by atoms with van der Waals surface area (Å²) in [5.41, 5.74) is -0.00695. The van der Waals surface area contributed by atoms with Gasteiger partial charge >= 0.3 is 6.11 Å². The molecule has 0 bridgehead atoms. The van der Waals surface area contributed by atoms with Crippen molar-refractivity contribution < 1.29 is 39.9 Å². The van der Waals surface area contributed by atoms with E-state index in [1.54, 1.807) is 12.1 Å². The number of hydrogen-bond acceptors (Lipinski definition) is 2. The Labute approximate surface area is 218 Å². The summed E-state index contributed by atoms with van der Waals surface area (Å²) in [6.07, 6.45) is -2.64. The molecular formula is C30H19F7O2. The van der Waals surface area contributed by atoms with Gasteiger partial charge in [-0.25, -0.2) is 22.0 Å². The standard InChI is InChI=1S/C30H19F7O2/c1-2-3-16-4-9-26-19(10-16)15-27(38-26)20-13-22(31)28(23(32)14-20)30(36,37)39-21-7-5-17(6-8-21)18-11-24(33)29(35)25(34)12-18/h4-15H,2-3H2,1H3. The van der Waals surface area contributed by atoms with Crippen molar-refractivity contribution in [3.05, 3.63) is 113 Å². The molecule has 1 aromatic heterocycles. The van der Waals surface area contributed by atoms with Crippen LogP contribution in [-0.4, -0.2) is 0 Å². The quantitative estimate of drug-likeness (QED) is 0.150. The van der Waals surface area contributed by atoms with E-state index in [1.165, 1.54) is 12.1 Å². The van der Waals surface area contributed by atoms with E-state index in [0.29, 0.717) is 11.0 Å². The predicted octanol–water partition coefficient (Wildman–Crippen LogP) is 9.54. The molecule has 9 heteroatoms. The van der Waals surface area contributed by atoms with Crippen LogP contribution in [0.15, 0.2) is 77.2 Å². The molecule has 1 heterocycles. The van der Waals surface area contributed by atoms with Gasteiger partial charge in [-0.3, -0.25) is 0 Å². The van der Waals surface area contributed by atoms with E-state index in [-0.39, 0.29) is 22.5 Å². The molecule has 0 aliphatic rings. The van der Waals surface area contributed by atoms with Crippen LogP contribution in [0.2, 0.25) is 0 Å². The number of alkyl halides is 2. The Morgan fingerprint density at radius 3 is 1.92 bits per heavy atom. The number of halogens is 7. The summed E-state index contributed by atoms with van der Waals surface area (Å²) in [5.74, 6) is -7.95. The van der Waals surface area contributed by atoms with E-state index in [1.807, 2.05) is 19.1 Å². The largest absolute Gasteiger partial charge is 0.456 e. The number of hydrogen-bond donors (Lipinski definition) is 0. The fourth-order valence-electron chi connectivity index (χ4n) is 4.31. The lowest BCUT2D eigenvalue weighted by molar-refractivity contribution is -0.189. The summed E-state index contributed by atoms with van der Waals surface area (Å²) in [5, 5.41) is 0.712. The van der Waals surface area contributed by atoms with Crippen LogP contribution in [0.3, 0.4) is 0 Å². The van der Waals surface area contributed by atoms with E-state index in [2.05, 4.69) is 4.74 Å². The second-order valence-electron chi connectivity index (χ2n) is 8.94. The Bertz CT molecular complexity index is 1630. The second-order valence-corrected chi connectivity index (χ2v) is 8.94. The topological polar surface area (TPSA) is 22.4 Å². The van der Waals surface area contributed by atoms with Crippen LogP contribution < -0.4 is 4.74 Å². The summed E-state index contributed by atoms with van der Waals surface area (Å²) in [4.78, 5) is 0. The highest BCUT2D eigenvalue weighted by Gasteiger charge is 2.41. The van der Waals surface area contributed by atoms with Crippen LogP contribution in [0.5, 0.6) is 5.75 Å². The molecule has 39 heavy (non-hydrogen) atoms. The molecule has 0 radical (unpaired) electrons. The highest BCUT2D eigenvalue weighted by atomic mass is 19.3. The Morgan fingerprint density at radius 1 is 0.692 bits per heavy atom. The maximum Gasteiger partial charge on any atom is 0.432 e. The van der Waals surface area contributed by atoms with Crippen molar-refractivity contribution in [2.24, 2.45) is 0 Å². The monoisotopic (exact) mass is 544 g/mol. The first-order valence-corrected chi connectivity index (χ1v) is 11.9. The van der Waals surface area contributed by atoms with Gasteiger partial charge in [-0.1, -0.05) is 31.5 Å². The minimum Gasteiger partial charge on any atom is -0.456 e. The lowest BCUT2D eigenvalue weighted by atomic mass is 10.0. The lowest BCUT2D eigenvalue weighted by Crippen LogP contribution is -2.25. The molecule has 0 unspecified atom stereocenters. The highest BCUT2D eigenvalue weighted by Crippen LogP contribution is 2.38. The number of aryl methyl sites for hydroxylation is 1. The summed E-state index contributed by atoms with van der Waals surface area (Å²) in [6, 6.07) is 14.4. The van der Waals surface area contributed by atoms with Gasteiger partial charge in [0.05, 0.1) is 0 Å². The number of fused-ring (bicyclic) bond motifs is 1. The molecule has 0 aliphatic carbocycles. The van der Waals surface area contributed by atoms with Gasteiger partial charge in [0.1, 0.15) is 34.3 Å². The van der Waals surface area contributed by atoms with Gasteiger partial charge in [-0.05, 0) is 77.7 Å². The molecule has 200 valence electrons. The number of furan rings is 1. The predicted molar refractivity (Wildman–Crippen MR) is 132 cm³/mol. The van der Waals surface area contributed by atoms with Crippen molar-refractivity contribution in [1.29, 1.82) is 0 Å². The van der Waals surface area contributed by atoms with E-state index in [0.717, 1.165) is 54.8 Å². The van der Waals surface area contributed by atoms with Crippen molar-refractivity contribution in [1.82, 2.24) is 0 Å². The van der Waals surface area contributed by atoms with Crippen LogP contribution in [-0.2, 0) is 12.5 Å². The minimum absolute atomic E-state index is 0.0513. The average molecular weight is 544 g/mol. The van der Waals surface area contributed by atoms with Gasteiger partial charge in [-0.2, -0.15) is 8.78 Å². The van der Waals surface area contributed by atoms with Crippen LogP contribution in [0, 0.1) is 29.1 Å². The van der Waals surface area contributed by atoms with E-state index in [9.17, 15) is 30.7 Å². The number of ether oxygens (including phenoxy) is 1. The summed E-state index contributed by atoms with van der Waals surface area (Å²) < 4.78 is 110. The van der Waals surface area contributed by atoms with Crippen LogP contribution in [0.25, 0.3) is 33.4 Å². The average Bonchev–Trinajstić information content (AvgIpc) is 3.30. The third kappa shape index (κ3) is 5.21. The van der Waals surface area contributed by atoms with E-state index >= 15 is 0 Å². The van der Waals surface area contributed by atoms with Crippen molar-refractivity contribution in [3.8, 4) is 28.2 Å². The maximum atomic E-state index is 14.9. The zero-order valence-corrected chi connectivity index (χ0v) is 20.3. The molecule has 2 nitrogen and oxygen atoms in total. The molecule has 5 aromatic rings. The fourth-order valence-corrected chi connectivity index (χ4v) is 4.31. The smallest absolute Gasteiger partial charge is 0.432 e. The fraction of sp³-hybridized carbons (Fsp3) is 0.133. The molecule has 0 saturated heterocycles. The summed E-state index contributed by atoms with van der Waals surface area (Å²) >= 11 is 0. The molecule has 0 aliphatic heterocycles. The van der Waals surface area contributed by atoms with Crippen LogP contribution in [0.1, 0.15) is 24.5 Å². The minimum atomic E-state index is -4.41. The Kier molecular flexibility index (Phi) is 6.84. The SMILES string of the molecule is CCCc1ccc2oc(-c3cc(F)c(C(F)(F)Oc4ccc(-c5cc(F)c(F)c(F)c5)cc4)c(F)c3)cc2c1. The van der Waals surface area contributed by atoms with E-state index < -0.39 is 46.5 Å². The number of benzene rings is 4. The second kappa shape index (κ2) is 10.1. The molecule has 0 amide bonds. The molecule has 0 N–H and O–H groups in total. The first kappa shape index (κ1) is 26.3. The molecule has 4 aromatic carbocycles. The van der Waals surface area contributed by atoms with Gasteiger partial charge in [0.25, 0.3) is 0 Å². The van der Waals surface area contributed by atoms with Gasteiger partial charge in [0, 0.05) is 10.9 Å². The van der Waals surface area contributed by atoms with Gasteiger partial charge in [0.15, 0.2) is 17.5 Å². The Hall–Kier alpha value is -4.27. The van der Waals surface area contributed by atoms with Crippen molar-refractivity contribution >= 4 is 11.0 Å². The first-order chi connectivity index (χ1) is 18.6. The summed E-state index contributed by atoms with van der Waals surface area (Å²) in [6.45, 7) is 2.03. The molecule has 0 spiro atoms. The third-order valence-corrected chi connectivity index (χ3v) is 6.15. The summed E-state index contributed by atoms with van der Waals surface area (Å²) in [7, 11) is 0. The highest BCUT2D eigenvalue weighted by molar-refractivity contribution is 5.83. The van der Waals surface area contributed by atoms with Gasteiger partial charge in [-0.15, -0.1) is 0 Å². The molecule has 0 atom stereocenters. The van der Waals surface area contributed by atoms with Gasteiger partial charge < -0.3 is 9.15 Å². The maximum absolute atomic E-state index is 14.9. The zero-order valence-electron chi connectivity index (χ0n) is 20.3. The van der Waals surface area contributed by atoms with Crippen molar-refractivity contribution in [3.63, 3.8) is 0 Å². The lowest BCUT2D eigenvalue weighted by Gasteiger charge is -2.20. The Morgan fingerprint density at radius 2 is 1.31 bits per heavy atom. The molecule has 0 saturated carbocycles. The normalized spacial score (nSPS) is 11.8. The van der Waals surface area contributed by atoms with Gasteiger partial charge in [0.2, 0.25) is 0 Å².